The molecular formula is C15H21NO3. The van der Waals surface area contributed by atoms with E-state index in [0.29, 0.717) is 5.75 Å². The number of Topliss-reactive ketones (excluding diaryl/α,β-unsaturated/α-hetero) is 1. The van der Waals surface area contributed by atoms with Crippen LogP contribution in [0.1, 0.15) is 39.2 Å². The first-order valence-corrected chi connectivity index (χ1v) is 6.28. The number of nitrogens with two attached hydrogens (primary N) is 1. The number of carbonyl (C=O) groups is 2. The summed E-state index contributed by atoms with van der Waals surface area (Å²) in [7, 11) is 0. The largest absolute Gasteiger partial charge is 0.426 e. The molecule has 1 aromatic rings. The normalized spacial score (nSPS) is 12.9. The number of benzene rings is 1. The van der Waals surface area contributed by atoms with Gasteiger partial charge in [0, 0.05) is 6.54 Å². The number of hydrogen-bond acceptors (Lipinski definition) is 4. The summed E-state index contributed by atoms with van der Waals surface area (Å²) < 4.78 is 5.30. The molecule has 1 unspecified atom stereocenters. The summed E-state index contributed by atoms with van der Waals surface area (Å²) in [5.74, 6) is -0.219. The number of hydrogen-bond donors (Lipinski definition) is 1. The van der Waals surface area contributed by atoms with Crippen LogP contribution in [0.25, 0.3) is 0 Å². The molecule has 0 aromatic heterocycles. The van der Waals surface area contributed by atoms with Crippen LogP contribution >= 0.6 is 0 Å². The fourth-order valence-corrected chi connectivity index (χ4v) is 1.59. The minimum absolute atomic E-state index is 0.00166. The van der Waals surface area contributed by atoms with Crippen LogP contribution in [0.2, 0.25) is 0 Å². The third kappa shape index (κ3) is 4.17. The highest BCUT2D eigenvalue weighted by Crippen LogP contribution is 2.24. The Morgan fingerprint density at radius 1 is 1.32 bits per heavy atom. The molecule has 0 heterocycles. The highest BCUT2D eigenvalue weighted by atomic mass is 16.5. The Bertz CT molecular complexity index is 475. The molecule has 0 fully saturated rings. The summed E-state index contributed by atoms with van der Waals surface area (Å²) in [6.45, 7) is 7.11. The van der Waals surface area contributed by atoms with E-state index < -0.39 is 5.41 Å². The Labute approximate surface area is 113 Å². The smallest absolute Gasteiger partial charge is 0.316 e. The first-order chi connectivity index (χ1) is 8.75. The van der Waals surface area contributed by atoms with Gasteiger partial charge in [0.2, 0.25) is 0 Å². The second kappa shape index (κ2) is 5.97. The maximum atomic E-state index is 11.8. The van der Waals surface area contributed by atoms with Gasteiger partial charge in [-0.25, -0.2) is 0 Å². The van der Waals surface area contributed by atoms with E-state index in [1.807, 2.05) is 6.07 Å². The van der Waals surface area contributed by atoms with E-state index in [0.717, 1.165) is 5.56 Å². The van der Waals surface area contributed by atoms with E-state index in [1.54, 1.807) is 39.0 Å². The van der Waals surface area contributed by atoms with Crippen molar-refractivity contribution in [3.05, 3.63) is 29.8 Å². The van der Waals surface area contributed by atoms with Gasteiger partial charge >= 0.3 is 5.97 Å². The van der Waals surface area contributed by atoms with E-state index in [-0.39, 0.29) is 24.2 Å². The van der Waals surface area contributed by atoms with E-state index in [4.69, 9.17) is 10.5 Å². The highest BCUT2D eigenvalue weighted by molar-refractivity contribution is 5.84. The lowest BCUT2D eigenvalue weighted by molar-refractivity contribution is -0.143. The molecule has 2 N–H and O–H groups in total. The Balaban J connectivity index is 2.95. The van der Waals surface area contributed by atoms with Crippen LogP contribution in [0.3, 0.4) is 0 Å². The molecule has 0 radical (unpaired) electrons. The van der Waals surface area contributed by atoms with Crippen molar-refractivity contribution in [2.75, 3.05) is 6.54 Å². The van der Waals surface area contributed by atoms with Crippen LogP contribution in [-0.2, 0) is 9.59 Å². The number of ether oxygens (including phenoxy) is 1. The molecule has 19 heavy (non-hydrogen) atoms. The van der Waals surface area contributed by atoms with E-state index in [1.165, 1.54) is 6.92 Å². The van der Waals surface area contributed by atoms with Gasteiger partial charge in [-0.2, -0.15) is 0 Å². The summed E-state index contributed by atoms with van der Waals surface area (Å²) in [5.41, 5.74) is 5.80. The number of rotatable bonds is 4. The SMILES string of the molecule is CC(=O)C(CN)c1cccc(OC(=O)C(C)(C)C)c1. The van der Waals surface area contributed by atoms with Crippen molar-refractivity contribution in [1.82, 2.24) is 0 Å². The van der Waals surface area contributed by atoms with Crippen molar-refractivity contribution in [3.63, 3.8) is 0 Å². The fourth-order valence-electron chi connectivity index (χ4n) is 1.59. The van der Waals surface area contributed by atoms with E-state index in [9.17, 15) is 9.59 Å². The minimum Gasteiger partial charge on any atom is -0.426 e. The quantitative estimate of drug-likeness (QED) is 0.668. The lowest BCUT2D eigenvalue weighted by Gasteiger charge is -2.17. The molecule has 1 atom stereocenters. The predicted octanol–water partition coefficient (Wildman–Crippen LogP) is 2.27. The van der Waals surface area contributed by atoms with E-state index in [2.05, 4.69) is 0 Å². The lowest BCUT2D eigenvalue weighted by atomic mass is 9.95. The maximum Gasteiger partial charge on any atom is 0.316 e. The van der Waals surface area contributed by atoms with Crippen LogP contribution in [0, 0.1) is 5.41 Å². The molecule has 0 aliphatic heterocycles. The molecule has 0 bridgehead atoms. The maximum absolute atomic E-state index is 11.8. The monoisotopic (exact) mass is 263 g/mol. The van der Waals surface area contributed by atoms with Crippen LogP contribution in [0.15, 0.2) is 24.3 Å². The zero-order valence-corrected chi connectivity index (χ0v) is 11.9. The van der Waals surface area contributed by atoms with Crippen molar-refractivity contribution in [2.45, 2.75) is 33.6 Å². The molecule has 1 rings (SSSR count). The zero-order valence-electron chi connectivity index (χ0n) is 11.9. The van der Waals surface area contributed by atoms with Gasteiger partial charge in [-0.15, -0.1) is 0 Å². The van der Waals surface area contributed by atoms with Crippen LogP contribution in [0.5, 0.6) is 5.75 Å². The molecule has 4 nitrogen and oxygen atoms in total. The Kier molecular flexibility index (Phi) is 4.84. The van der Waals surface area contributed by atoms with Gasteiger partial charge in [-0.05, 0) is 45.4 Å². The Morgan fingerprint density at radius 3 is 2.42 bits per heavy atom. The number of esters is 1. The number of carbonyl (C=O) groups excluding carboxylic acids is 2. The second-order valence-electron chi connectivity index (χ2n) is 5.61. The summed E-state index contributed by atoms with van der Waals surface area (Å²) in [6, 6.07) is 6.96. The van der Waals surface area contributed by atoms with Crippen molar-refractivity contribution in [2.24, 2.45) is 11.1 Å². The van der Waals surface area contributed by atoms with Crippen molar-refractivity contribution in [1.29, 1.82) is 0 Å². The average Bonchev–Trinajstić information content (AvgIpc) is 2.28. The first kappa shape index (κ1) is 15.4. The van der Waals surface area contributed by atoms with E-state index >= 15 is 0 Å². The van der Waals surface area contributed by atoms with Crippen LogP contribution in [0.4, 0.5) is 0 Å². The molecule has 1 aromatic carbocycles. The zero-order chi connectivity index (χ0) is 14.6. The molecule has 0 aliphatic rings. The highest BCUT2D eigenvalue weighted by Gasteiger charge is 2.24. The Hall–Kier alpha value is -1.68. The first-order valence-electron chi connectivity index (χ1n) is 6.28. The minimum atomic E-state index is -0.566. The van der Waals surface area contributed by atoms with Crippen LogP contribution in [-0.4, -0.2) is 18.3 Å². The second-order valence-corrected chi connectivity index (χ2v) is 5.61. The molecule has 0 saturated heterocycles. The van der Waals surface area contributed by atoms with Gasteiger partial charge in [0.15, 0.2) is 0 Å². The number of ketones is 1. The molecule has 0 amide bonds. The van der Waals surface area contributed by atoms with Gasteiger partial charge in [0.25, 0.3) is 0 Å². The summed E-state index contributed by atoms with van der Waals surface area (Å²) in [5, 5.41) is 0. The topological polar surface area (TPSA) is 69.4 Å². The van der Waals surface area contributed by atoms with Gasteiger partial charge in [0.05, 0.1) is 11.3 Å². The van der Waals surface area contributed by atoms with Crippen molar-refractivity contribution < 1.29 is 14.3 Å². The molecule has 0 saturated carbocycles. The van der Waals surface area contributed by atoms with Crippen molar-refractivity contribution in [3.8, 4) is 5.75 Å². The summed E-state index contributed by atoms with van der Waals surface area (Å²) in [6.07, 6.45) is 0. The molecule has 0 spiro atoms. The molecular weight excluding hydrogens is 242 g/mol. The summed E-state index contributed by atoms with van der Waals surface area (Å²) >= 11 is 0. The van der Waals surface area contributed by atoms with Crippen molar-refractivity contribution >= 4 is 11.8 Å². The standard InChI is InChI=1S/C15H21NO3/c1-10(17)13(9-16)11-6-5-7-12(8-11)19-14(18)15(2,3)4/h5-8,13H,9,16H2,1-4H3. The lowest BCUT2D eigenvalue weighted by Crippen LogP contribution is -2.25. The third-order valence-corrected chi connectivity index (χ3v) is 2.81. The summed E-state index contributed by atoms with van der Waals surface area (Å²) in [4.78, 5) is 23.3. The Morgan fingerprint density at radius 2 is 1.95 bits per heavy atom. The molecule has 4 heteroatoms. The average molecular weight is 263 g/mol. The van der Waals surface area contributed by atoms with Gasteiger partial charge < -0.3 is 10.5 Å². The predicted molar refractivity (Wildman–Crippen MR) is 74.0 cm³/mol. The van der Waals surface area contributed by atoms with Gasteiger partial charge in [-0.1, -0.05) is 12.1 Å². The third-order valence-electron chi connectivity index (χ3n) is 2.81. The fraction of sp³-hybridized carbons (Fsp3) is 0.467. The van der Waals surface area contributed by atoms with Gasteiger partial charge in [-0.3, -0.25) is 9.59 Å². The molecule has 0 aliphatic carbocycles. The van der Waals surface area contributed by atoms with Crippen LogP contribution < -0.4 is 10.5 Å². The molecule has 104 valence electrons. The van der Waals surface area contributed by atoms with Gasteiger partial charge in [0.1, 0.15) is 11.5 Å².